The standard InChI is InChI=1S/C20H27BrO2/c1-11(2)14-8-9-20(6,7)17-16(14)10-15(13(5)22)19(18(17)21)23-12(3)4/h8,10-12H,9H2,1-7H3. The number of halogens is 1. The van der Waals surface area contributed by atoms with Crippen molar-refractivity contribution in [3.8, 4) is 5.75 Å². The molecule has 0 unspecified atom stereocenters. The summed E-state index contributed by atoms with van der Waals surface area (Å²) in [7, 11) is 0. The number of carbonyl (C=O) groups excluding carboxylic acids is 1. The number of benzene rings is 1. The molecule has 1 aromatic rings. The van der Waals surface area contributed by atoms with Crippen LogP contribution in [0.3, 0.4) is 0 Å². The Balaban J connectivity index is 2.82. The van der Waals surface area contributed by atoms with E-state index < -0.39 is 0 Å². The largest absolute Gasteiger partial charge is 0.489 e. The molecule has 0 heterocycles. The first-order valence-electron chi connectivity index (χ1n) is 8.31. The Bertz CT molecular complexity index is 667. The number of ether oxygens (including phenoxy) is 1. The van der Waals surface area contributed by atoms with Gasteiger partial charge in [0.25, 0.3) is 0 Å². The first-order valence-corrected chi connectivity index (χ1v) is 9.10. The Morgan fingerprint density at radius 3 is 2.35 bits per heavy atom. The fourth-order valence-corrected chi connectivity index (χ4v) is 4.31. The minimum Gasteiger partial charge on any atom is -0.489 e. The number of fused-ring (bicyclic) bond motifs is 1. The molecule has 0 spiro atoms. The Kier molecular flexibility index (Phi) is 5.10. The average molecular weight is 379 g/mol. The van der Waals surface area contributed by atoms with Gasteiger partial charge >= 0.3 is 0 Å². The second-order valence-corrected chi connectivity index (χ2v) is 8.41. The molecular weight excluding hydrogens is 352 g/mol. The summed E-state index contributed by atoms with van der Waals surface area (Å²) < 4.78 is 6.94. The SMILES string of the molecule is CC(=O)c1cc2c(c(Br)c1OC(C)C)C(C)(C)CC=C2C(C)C. The molecule has 0 aromatic heterocycles. The van der Waals surface area contributed by atoms with E-state index in [4.69, 9.17) is 4.74 Å². The smallest absolute Gasteiger partial charge is 0.163 e. The summed E-state index contributed by atoms with van der Waals surface area (Å²) >= 11 is 3.76. The second-order valence-electron chi connectivity index (χ2n) is 7.61. The first-order chi connectivity index (χ1) is 10.6. The lowest BCUT2D eigenvalue weighted by Crippen LogP contribution is -2.25. The van der Waals surface area contributed by atoms with E-state index >= 15 is 0 Å². The average Bonchev–Trinajstić information content (AvgIpc) is 2.39. The van der Waals surface area contributed by atoms with E-state index in [1.54, 1.807) is 6.92 Å². The number of hydrogen-bond donors (Lipinski definition) is 0. The van der Waals surface area contributed by atoms with Gasteiger partial charge in [-0.05, 0) is 77.2 Å². The summed E-state index contributed by atoms with van der Waals surface area (Å²) in [6, 6.07) is 2.03. The van der Waals surface area contributed by atoms with E-state index in [1.807, 2.05) is 19.9 Å². The summed E-state index contributed by atoms with van der Waals surface area (Å²) in [6.07, 6.45) is 3.34. The number of rotatable bonds is 4. The van der Waals surface area contributed by atoms with Crippen LogP contribution in [0, 0.1) is 5.92 Å². The molecule has 1 aromatic carbocycles. The van der Waals surface area contributed by atoms with Gasteiger partial charge in [0.15, 0.2) is 5.78 Å². The van der Waals surface area contributed by atoms with Crippen molar-refractivity contribution in [1.82, 2.24) is 0 Å². The van der Waals surface area contributed by atoms with Gasteiger partial charge in [-0.1, -0.05) is 33.8 Å². The maximum atomic E-state index is 12.2. The highest BCUT2D eigenvalue weighted by Gasteiger charge is 2.34. The highest BCUT2D eigenvalue weighted by molar-refractivity contribution is 9.10. The third kappa shape index (κ3) is 3.40. The molecule has 2 nitrogen and oxygen atoms in total. The van der Waals surface area contributed by atoms with E-state index in [0.717, 1.165) is 10.9 Å². The van der Waals surface area contributed by atoms with Crippen LogP contribution in [0.25, 0.3) is 5.57 Å². The van der Waals surface area contributed by atoms with Gasteiger partial charge in [0.05, 0.1) is 16.1 Å². The molecule has 23 heavy (non-hydrogen) atoms. The van der Waals surface area contributed by atoms with Gasteiger partial charge in [-0.2, -0.15) is 0 Å². The van der Waals surface area contributed by atoms with Crippen LogP contribution in [-0.2, 0) is 5.41 Å². The molecule has 126 valence electrons. The van der Waals surface area contributed by atoms with Gasteiger partial charge in [0, 0.05) is 0 Å². The number of Topliss-reactive ketones (excluding diaryl/α,β-unsaturated/α-hetero) is 1. The zero-order chi connectivity index (χ0) is 17.5. The third-order valence-electron chi connectivity index (χ3n) is 4.40. The minimum absolute atomic E-state index is 0.0109. The van der Waals surface area contributed by atoms with Gasteiger partial charge in [-0.3, -0.25) is 4.79 Å². The van der Waals surface area contributed by atoms with Crippen LogP contribution in [0.2, 0.25) is 0 Å². The van der Waals surface area contributed by atoms with E-state index in [2.05, 4.69) is 49.7 Å². The van der Waals surface area contributed by atoms with E-state index in [1.165, 1.54) is 16.7 Å². The van der Waals surface area contributed by atoms with E-state index in [0.29, 0.717) is 17.2 Å². The Morgan fingerprint density at radius 2 is 1.87 bits per heavy atom. The molecule has 0 atom stereocenters. The summed E-state index contributed by atoms with van der Waals surface area (Å²) in [6.45, 7) is 14.5. The second kappa shape index (κ2) is 6.43. The molecule has 0 saturated carbocycles. The van der Waals surface area contributed by atoms with Crippen molar-refractivity contribution < 1.29 is 9.53 Å². The van der Waals surface area contributed by atoms with Crippen molar-refractivity contribution >= 4 is 27.3 Å². The molecule has 0 radical (unpaired) electrons. The van der Waals surface area contributed by atoms with E-state index in [9.17, 15) is 4.79 Å². The lowest BCUT2D eigenvalue weighted by atomic mass is 9.71. The molecule has 0 saturated heterocycles. The Labute approximate surface area is 148 Å². The highest BCUT2D eigenvalue weighted by atomic mass is 79.9. The van der Waals surface area contributed by atoms with Gasteiger partial charge in [-0.25, -0.2) is 0 Å². The quantitative estimate of drug-likeness (QED) is 0.586. The van der Waals surface area contributed by atoms with Crippen LogP contribution in [0.15, 0.2) is 16.6 Å². The number of hydrogen-bond acceptors (Lipinski definition) is 2. The number of allylic oxidation sites excluding steroid dienone is 2. The molecule has 1 aliphatic rings. The zero-order valence-corrected chi connectivity index (χ0v) is 16.8. The van der Waals surface area contributed by atoms with Crippen molar-refractivity contribution in [1.29, 1.82) is 0 Å². The van der Waals surface area contributed by atoms with Gasteiger partial charge in [0.1, 0.15) is 5.75 Å². The molecule has 2 rings (SSSR count). The topological polar surface area (TPSA) is 26.3 Å². The van der Waals surface area contributed by atoms with Gasteiger partial charge < -0.3 is 4.74 Å². The maximum absolute atomic E-state index is 12.2. The molecule has 0 aliphatic heterocycles. The molecule has 1 aliphatic carbocycles. The molecular formula is C20H27BrO2. The zero-order valence-electron chi connectivity index (χ0n) is 15.2. The predicted octanol–water partition coefficient (Wildman–Crippen LogP) is 6.16. The summed E-state index contributed by atoms with van der Waals surface area (Å²) in [4.78, 5) is 12.2. The van der Waals surface area contributed by atoms with Crippen molar-refractivity contribution in [2.45, 2.75) is 66.4 Å². The Hall–Kier alpha value is -1.09. The first kappa shape index (κ1) is 18.3. The maximum Gasteiger partial charge on any atom is 0.163 e. The van der Waals surface area contributed by atoms with Gasteiger partial charge in [0.2, 0.25) is 0 Å². The summed E-state index contributed by atoms with van der Waals surface area (Å²) in [5, 5.41) is 0. The van der Waals surface area contributed by atoms with Crippen molar-refractivity contribution in [3.05, 3.63) is 33.3 Å². The molecule has 0 fully saturated rings. The summed E-state index contributed by atoms with van der Waals surface area (Å²) in [5.74, 6) is 1.15. The van der Waals surface area contributed by atoms with Crippen LogP contribution in [0.5, 0.6) is 5.75 Å². The van der Waals surface area contributed by atoms with Crippen molar-refractivity contribution in [2.24, 2.45) is 5.92 Å². The summed E-state index contributed by atoms with van der Waals surface area (Å²) in [5.41, 5.74) is 4.43. The van der Waals surface area contributed by atoms with Crippen LogP contribution >= 0.6 is 15.9 Å². The normalized spacial score (nSPS) is 16.3. The fraction of sp³-hybridized carbons (Fsp3) is 0.550. The minimum atomic E-state index is 0.0109. The van der Waals surface area contributed by atoms with Crippen LogP contribution in [0.1, 0.15) is 76.4 Å². The number of carbonyl (C=O) groups is 1. The lowest BCUT2D eigenvalue weighted by Gasteiger charge is -2.35. The predicted molar refractivity (Wildman–Crippen MR) is 100 cm³/mol. The van der Waals surface area contributed by atoms with Gasteiger partial charge in [-0.15, -0.1) is 0 Å². The van der Waals surface area contributed by atoms with Crippen molar-refractivity contribution in [2.75, 3.05) is 0 Å². The van der Waals surface area contributed by atoms with Crippen LogP contribution in [0.4, 0.5) is 0 Å². The van der Waals surface area contributed by atoms with Crippen LogP contribution < -0.4 is 4.74 Å². The third-order valence-corrected chi connectivity index (χ3v) is 5.15. The number of ketones is 1. The Morgan fingerprint density at radius 1 is 1.26 bits per heavy atom. The highest BCUT2D eigenvalue weighted by Crippen LogP contribution is 2.49. The van der Waals surface area contributed by atoms with Crippen molar-refractivity contribution in [3.63, 3.8) is 0 Å². The van der Waals surface area contributed by atoms with E-state index in [-0.39, 0.29) is 17.3 Å². The monoisotopic (exact) mass is 378 g/mol. The van der Waals surface area contributed by atoms with Crippen LogP contribution in [-0.4, -0.2) is 11.9 Å². The lowest BCUT2D eigenvalue weighted by molar-refractivity contribution is 0.101. The molecule has 0 N–H and O–H groups in total. The fourth-order valence-electron chi connectivity index (χ4n) is 3.26. The molecule has 0 bridgehead atoms. The molecule has 3 heteroatoms. The molecule has 0 amide bonds.